The molecule has 2 aliphatic rings. The van der Waals surface area contributed by atoms with E-state index < -0.39 is 55.1 Å². The topological polar surface area (TPSA) is 189 Å². The van der Waals surface area contributed by atoms with Crippen LogP contribution in [0.1, 0.15) is 59.4 Å². The number of aromatic amines is 1. The lowest BCUT2D eigenvalue weighted by atomic mass is 9.76. The van der Waals surface area contributed by atoms with Crippen molar-refractivity contribution in [3.05, 3.63) is 83.6 Å². The lowest BCUT2D eigenvalue weighted by Gasteiger charge is -2.44. The number of hydrogen-bond acceptors (Lipinski definition) is 6. The Hall–Kier alpha value is -4.35. The lowest BCUT2D eigenvalue weighted by molar-refractivity contribution is -0.142. The summed E-state index contributed by atoms with van der Waals surface area (Å²) in [5, 5.41) is 17.7. The Kier molecular flexibility index (Phi) is 9.28. The average Bonchev–Trinajstić information content (AvgIpc) is 3.45. The Morgan fingerprint density at radius 3 is 2.29 bits per heavy atom. The van der Waals surface area contributed by atoms with Crippen LogP contribution in [0.4, 0.5) is 0 Å². The smallest absolute Gasteiger partial charge is 0.342 e. The van der Waals surface area contributed by atoms with E-state index in [-0.39, 0.29) is 37.6 Å². The molecule has 5 atom stereocenters. The Morgan fingerprint density at radius 1 is 1.00 bits per heavy atom. The number of carbonyl (C=O) groups is 4. The van der Waals surface area contributed by atoms with Crippen LogP contribution in [0, 0.1) is 17.8 Å². The van der Waals surface area contributed by atoms with Gasteiger partial charge in [0.05, 0.1) is 6.04 Å². The van der Waals surface area contributed by atoms with E-state index in [2.05, 4.69) is 15.6 Å². The van der Waals surface area contributed by atoms with E-state index >= 15 is 0 Å². The van der Waals surface area contributed by atoms with E-state index in [0.717, 1.165) is 21.2 Å². The molecular formula is C35H39N4O8P. The second-order valence-corrected chi connectivity index (χ2v) is 15.0. The minimum Gasteiger partial charge on any atom is -0.480 e. The van der Waals surface area contributed by atoms with Gasteiger partial charge in [-0.2, -0.15) is 0 Å². The summed E-state index contributed by atoms with van der Waals surface area (Å²) in [5.41, 5.74) is 2.33. The van der Waals surface area contributed by atoms with Crippen LogP contribution < -0.4 is 10.6 Å². The van der Waals surface area contributed by atoms with Gasteiger partial charge in [0.2, 0.25) is 5.91 Å². The number of rotatable bonds is 11. The summed E-state index contributed by atoms with van der Waals surface area (Å²) in [7, 11) is -4.87. The molecule has 0 aliphatic carbocycles. The van der Waals surface area contributed by atoms with Crippen LogP contribution in [-0.2, 0) is 20.6 Å². The molecule has 1 fully saturated rings. The molecule has 6 N–H and O–H groups in total. The van der Waals surface area contributed by atoms with Gasteiger partial charge in [0.1, 0.15) is 11.8 Å². The van der Waals surface area contributed by atoms with Crippen LogP contribution in [0.5, 0.6) is 0 Å². The predicted molar refractivity (Wildman–Crippen MR) is 179 cm³/mol. The van der Waals surface area contributed by atoms with Crippen molar-refractivity contribution >= 4 is 53.0 Å². The summed E-state index contributed by atoms with van der Waals surface area (Å²) in [6, 6.07) is 15.6. The third kappa shape index (κ3) is 6.53. The molecule has 0 radical (unpaired) electrons. The minimum atomic E-state index is -4.87. The fourth-order valence-electron chi connectivity index (χ4n) is 7.49. The molecule has 0 unspecified atom stereocenters. The summed E-state index contributed by atoms with van der Waals surface area (Å²) in [4.78, 5) is 78.3. The standard InChI is InChI=1S/C35H39N4O8P/c1-19(2)15-21-16-28(31(40)37-29(35(43)44)17-22-18-36-27-12-4-3-9-23(22)27)38-32(48(45,46)47)24(21)13-14-39-33(41)25-10-5-7-20-8-6-11-26(30(20)25)34(39)42/h3-12,18-19,21,24,28-29,32,36,38H,13-17H2,1-2H3,(H,37,40)(H,43,44)(H2,45,46,47)/t21-,24+,28+,29-,32-/m0/s1. The second kappa shape index (κ2) is 13.3. The number of aliphatic carboxylic acids is 1. The van der Waals surface area contributed by atoms with Crippen LogP contribution in [0.2, 0.25) is 0 Å². The number of benzene rings is 3. The molecule has 4 aromatic rings. The van der Waals surface area contributed by atoms with Gasteiger partial charge in [-0.3, -0.25) is 29.2 Å². The predicted octanol–water partition coefficient (Wildman–Crippen LogP) is 4.26. The highest BCUT2D eigenvalue weighted by Gasteiger charge is 2.48. The zero-order valence-corrected chi connectivity index (χ0v) is 27.5. The molecule has 12 nitrogen and oxygen atoms in total. The largest absolute Gasteiger partial charge is 0.480 e. The molecule has 48 heavy (non-hydrogen) atoms. The molecule has 13 heteroatoms. The normalized spacial score (nSPS) is 22.0. The summed E-state index contributed by atoms with van der Waals surface area (Å²) in [5.74, 6) is -5.24. The molecule has 3 aromatic carbocycles. The van der Waals surface area contributed by atoms with Gasteiger partial charge in [0.25, 0.3) is 11.8 Å². The van der Waals surface area contributed by atoms with E-state index in [1.165, 1.54) is 0 Å². The third-order valence-corrected chi connectivity index (χ3v) is 10.9. The van der Waals surface area contributed by atoms with E-state index in [1.807, 2.05) is 50.2 Å². The van der Waals surface area contributed by atoms with Crippen LogP contribution in [0.25, 0.3) is 21.7 Å². The van der Waals surface area contributed by atoms with E-state index in [4.69, 9.17) is 0 Å². The van der Waals surface area contributed by atoms with Gasteiger partial charge >= 0.3 is 13.6 Å². The molecular weight excluding hydrogens is 635 g/mol. The van der Waals surface area contributed by atoms with Crippen molar-refractivity contribution in [2.75, 3.05) is 6.54 Å². The number of carbonyl (C=O) groups excluding carboxylic acids is 3. The van der Waals surface area contributed by atoms with Crippen LogP contribution >= 0.6 is 7.60 Å². The molecule has 1 saturated heterocycles. The fourth-order valence-corrected chi connectivity index (χ4v) is 8.75. The highest BCUT2D eigenvalue weighted by molar-refractivity contribution is 7.52. The maximum atomic E-state index is 13.6. The van der Waals surface area contributed by atoms with Crippen LogP contribution in [0.3, 0.4) is 0 Å². The summed E-state index contributed by atoms with van der Waals surface area (Å²) in [6.07, 6.45) is 2.52. The molecule has 3 heterocycles. The zero-order valence-electron chi connectivity index (χ0n) is 26.6. The number of aromatic nitrogens is 1. The van der Waals surface area contributed by atoms with Gasteiger partial charge in [0, 0.05) is 46.6 Å². The number of carboxylic acid groups (broad SMARTS) is 1. The maximum absolute atomic E-state index is 13.6. The first-order chi connectivity index (χ1) is 22.8. The Balaban J connectivity index is 1.22. The van der Waals surface area contributed by atoms with E-state index in [0.29, 0.717) is 28.5 Å². The highest BCUT2D eigenvalue weighted by atomic mass is 31.2. The molecule has 0 saturated carbocycles. The number of fused-ring (bicyclic) bond motifs is 1. The number of nitrogens with one attached hydrogen (secondary N) is 3. The first-order valence-corrected chi connectivity index (χ1v) is 17.8. The van der Waals surface area contributed by atoms with Crippen molar-refractivity contribution < 1.29 is 38.6 Å². The number of imide groups is 1. The van der Waals surface area contributed by atoms with Crippen LogP contribution in [-0.4, -0.2) is 72.9 Å². The van der Waals surface area contributed by atoms with E-state index in [9.17, 15) is 38.6 Å². The van der Waals surface area contributed by atoms with Crippen molar-refractivity contribution in [2.45, 2.75) is 57.4 Å². The highest BCUT2D eigenvalue weighted by Crippen LogP contribution is 2.50. The van der Waals surface area contributed by atoms with Crippen molar-refractivity contribution in [2.24, 2.45) is 17.8 Å². The molecule has 6 rings (SSSR count). The molecule has 0 spiro atoms. The number of hydrogen-bond donors (Lipinski definition) is 6. The van der Waals surface area contributed by atoms with Crippen molar-refractivity contribution in [3.8, 4) is 0 Å². The first kappa shape index (κ1) is 33.5. The van der Waals surface area contributed by atoms with Crippen molar-refractivity contribution in [1.29, 1.82) is 0 Å². The molecule has 252 valence electrons. The third-order valence-electron chi connectivity index (χ3n) is 9.63. The Morgan fingerprint density at radius 2 is 1.67 bits per heavy atom. The van der Waals surface area contributed by atoms with Gasteiger partial charge < -0.3 is 25.2 Å². The second-order valence-electron chi connectivity index (χ2n) is 13.3. The minimum absolute atomic E-state index is 0.00646. The molecule has 2 aliphatic heterocycles. The quantitative estimate of drug-likeness (QED) is 0.0998. The summed E-state index contributed by atoms with van der Waals surface area (Å²) in [6.45, 7) is 3.87. The van der Waals surface area contributed by atoms with Gasteiger partial charge in [-0.05, 0) is 66.2 Å². The van der Waals surface area contributed by atoms with E-state index in [1.54, 1.807) is 30.5 Å². The van der Waals surface area contributed by atoms with Gasteiger partial charge in [-0.25, -0.2) is 4.79 Å². The van der Waals surface area contributed by atoms with Crippen LogP contribution in [0.15, 0.2) is 66.9 Å². The van der Waals surface area contributed by atoms with Gasteiger partial charge in [0.15, 0.2) is 0 Å². The first-order valence-electron chi connectivity index (χ1n) is 16.1. The fraction of sp³-hybridized carbons (Fsp3) is 0.371. The number of para-hydroxylation sites is 1. The Labute approximate surface area is 277 Å². The monoisotopic (exact) mass is 674 g/mol. The summed E-state index contributed by atoms with van der Waals surface area (Å²) >= 11 is 0. The number of nitrogens with zero attached hydrogens (tertiary/aromatic N) is 1. The summed E-state index contributed by atoms with van der Waals surface area (Å²) < 4.78 is 13.0. The number of amides is 3. The Bertz CT molecular complexity index is 1900. The van der Waals surface area contributed by atoms with Crippen molar-refractivity contribution in [3.63, 3.8) is 0 Å². The molecule has 1 aromatic heterocycles. The molecule has 0 bridgehead atoms. The number of H-pyrrole nitrogens is 1. The zero-order chi connectivity index (χ0) is 34.3. The number of piperidine rings is 1. The van der Waals surface area contributed by atoms with Gasteiger partial charge in [-0.1, -0.05) is 56.3 Å². The maximum Gasteiger partial charge on any atom is 0.342 e. The molecule has 3 amide bonds. The van der Waals surface area contributed by atoms with Crippen molar-refractivity contribution in [1.82, 2.24) is 20.5 Å². The number of carboxylic acids is 1. The average molecular weight is 675 g/mol. The van der Waals surface area contributed by atoms with Gasteiger partial charge in [-0.15, -0.1) is 0 Å². The SMILES string of the molecule is CC(C)C[C@H]1C[C@H](C(=O)N[C@@H](Cc2c[nH]c3ccccc23)C(=O)O)N[C@@H](P(=O)(O)O)[C@@H]1CCN1C(=O)c2cccc3cccc(c23)C1=O. The lowest BCUT2D eigenvalue weighted by Crippen LogP contribution is -2.59.